The molecule has 0 saturated heterocycles. The molecule has 1 aromatic carbocycles. The molecule has 2 nitrogen and oxygen atoms in total. The van der Waals surface area contributed by atoms with E-state index in [2.05, 4.69) is 6.58 Å². The zero-order chi connectivity index (χ0) is 9.26. The van der Waals surface area contributed by atoms with Crippen LogP contribution in [0.25, 0.3) is 23.8 Å². The maximum absolute atomic E-state index is 5.43. The molecule has 2 aromatic rings. The second kappa shape index (κ2) is 2.98. The number of benzene rings is 1. The van der Waals surface area contributed by atoms with E-state index >= 15 is 0 Å². The average molecular weight is 174 g/mol. The van der Waals surface area contributed by atoms with Crippen molar-refractivity contribution in [2.75, 3.05) is 7.11 Å². The van der Waals surface area contributed by atoms with Gasteiger partial charge in [-0.3, -0.25) is 0 Å². The minimum absolute atomic E-state index is 0.642. The summed E-state index contributed by atoms with van der Waals surface area (Å²) < 4.78 is 10.4. The van der Waals surface area contributed by atoms with E-state index in [-0.39, 0.29) is 0 Å². The van der Waals surface area contributed by atoms with Gasteiger partial charge in [0.05, 0.1) is 18.6 Å². The summed E-state index contributed by atoms with van der Waals surface area (Å²) in [5.41, 5.74) is 1.49. The number of fused-ring (bicyclic) bond motifs is 1. The fourth-order valence-corrected chi connectivity index (χ4v) is 1.36. The molecule has 1 aromatic heterocycles. The van der Waals surface area contributed by atoms with Gasteiger partial charge in [0.15, 0.2) is 0 Å². The maximum Gasteiger partial charge on any atom is 0.135 e. The third-order valence-corrected chi connectivity index (χ3v) is 1.95. The van der Waals surface area contributed by atoms with E-state index in [0.717, 1.165) is 16.2 Å². The SMILES string of the molecule is C=c1oc2ccccc2/c1=C/OC. The highest BCUT2D eigenvalue weighted by molar-refractivity contribution is 5.78. The lowest BCUT2D eigenvalue weighted by Crippen LogP contribution is -2.18. The molecule has 0 saturated carbocycles. The van der Waals surface area contributed by atoms with Crippen LogP contribution in [0, 0.1) is 0 Å². The minimum Gasteiger partial charge on any atom is -0.504 e. The lowest BCUT2D eigenvalue weighted by molar-refractivity contribution is 0.390. The Bertz CT molecular complexity index is 523. The second-order valence-corrected chi connectivity index (χ2v) is 2.79. The van der Waals surface area contributed by atoms with Gasteiger partial charge in [-0.25, -0.2) is 0 Å². The van der Waals surface area contributed by atoms with Crippen LogP contribution in [0.1, 0.15) is 0 Å². The number of ether oxygens (including phenoxy) is 1. The normalized spacial score (nSPS) is 12.2. The van der Waals surface area contributed by atoms with Crippen molar-refractivity contribution >= 4 is 23.8 Å². The number of hydrogen-bond acceptors (Lipinski definition) is 2. The van der Waals surface area contributed by atoms with E-state index in [1.54, 1.807) is 13.4 Å². The van der Waals surface area contributed by atoms with Crippen LogP contribution in [0.2, 0.25) is 0 Å². The summed E-state index contributed by atoms with van der Waals surface area (Å²) in [5, 5.41) is 1.95. The zero-order valence-corrected chi connectivity index (χ0v) is 7.41. The molecule has 66 valence electrons. The van der Waals surface area contributed by atoms with Gasteiger partial charge in [0.1, 0.15) is 11.0 Å². The summed E-state index contributed by atoms with van der Waals surface area (Å²) >= 11 is 0. The van der Waals surface area contributed by atoms with Crippen molar-refractivity contribution in [1.82, 2.24) is 0 Å². The molecule has 0 radical (unpaired) electrons. The van der Waals surface area contributed by atoms with E-state index in [9.17, 15) is 0 Å². The van der Waals surface area contributed by atoms with Gasteiger partial charge >= 0.3 is 0 Å². The van der Waals surface area contributed by atoms with Gasteiger partial charge in [-0.1, -0.05) is 24.8 Å². The molecule has 0 fully saturated rings. The molecule has 0 aliphatic heterocycles. The molecule has 2 heteroatoms. The lowest BCUT2D eigenvalue weighted by atomic mass is 10.2. The van der Waals surface area contributed by atoms with Gasteiger partial charge < -0.3 is 9.15 Å². The predicted molar refractivity (Wildman–Crippen MR) is 52.5 cm³/mol. The fraction of sp³-hybridized carbons (Fsp3) is 0.0909. The lowest BCUT2D eigenvalue weighted by Gasteiger charge is -1.85. The number of hydrogen-bond donors (Lipinski definition) is 0. The third kappa shape index (κ3) is 1.20. The quantitative estimate of drug-likeness (QED) is 0.648. The molecule has 0 bridgehead atoms. The first-order valence-electron chi connectivity index (χ1n) is 4.02. The van der Waals surface area contributed by atoms with Crippen molar-refractivity contribution in [1.29, 1.82) is 0 Å². The van der Waals surface area contributed by atoms with Gasteiger partial charge in [-0.05, 0) is 6.07 Å². The summed E-state index contributed by atoms with van der Waals surface area (Å²) in [4.78, 5) is 0. The van der Waals surface area contributed by atoms with Gasteiger partial charge in [-0.15, -0.1) is 0 Å². The Morgan fingerprint density at radius 3 is 2.92 bits per heavy atom. The molecule has 13 heavy (non-hydrogen) atoms. The summed E-state index contributed by atoms with van der Waals surface area (Å²) in [6.07, 6.45) is 1.65. The smallest absolute Gasteiger partial charge is 0.135 e. The maximum atomic E-state index is 5.43. The first-order chi connectivity index (χ1) is 6.33. The highest BCUT2D eigenvalue weighted by atomic mass is 16.5. The van der Waals surface area contributed by atoms with Crippen molar-refractivity contribution in [3.05, 3.63) is 34.9 Å². The minimum atomic E-state index is 0.642. The van der Waals surface area contributed by atoms with E-state index in [0.29, 0.717) is 5.42 Å². The second-order valence-electron chi connectivity index (χ2n) is 2.79. The van der Waals surface area contributed by atoms with Crippen LogP contribution in [0.4, 0.5) is 0 Å². The topological polar surface area (TPSA) is 22.4 Å². The predicted octanol–water partition coefficient (Wildman–Crippen LogP) is 1.23. The fourth-order valence-electron chi connectivity index (χ4n) is 1.36. The van der Waals surface area contributed by atoms with Crippen molar-refractivity contribution in [2.24, 2.45) is 0 Å². The number of rotatable bonds is 1. The molecule has 0 spiro atoms. The molecular formula is C11H10O2. The van der Waals surface area contributed by atoms with Crippen LogP contribution in [0.5, 0.6) is 0 Å². The van der Waals surface area contributed by atoms with Crippen LogP contribution < -0.4 is 10.6 Å². The summed E-state index contributed by atoms with van der Waals surface area (Å²) in [7, 11) is 1.61. The Morgan fingerprint density at radius 1 is 1.38 bits per heavy atom. The molecule has 0 atom stereocenters. The van der Waals surface area contributed by atoms with Gasteiger partial charge in [0.25, 0.3) is 0 Å². The van der Waals surface area contributed by atoms with E-state index in [1.807, 2.05) is 24.3 Å². The average Bonchev–Trinajstić information content (AvgIpc) is 2.44. The van der Waals surface area contributed by atoms with Crippen LogP contribution in [-0.4, -0.2) is 7.11 Å². The highest BCUT2D eigenvalue weighted by Crippen LogP contribution is 2.06. The van der Waals surface area contributed by atoms with Crippen molar-refractivity contribution < 1.29 is 9.15 Å². The number of methoxy groups -OCH3 is 1. The number of para-hydroxylation sites is 1. The van der Waals surface area contributed by atoms with Crippen LogP contribution in [0.3, 0.4) is 0 Å². The summed E-state index contributed by atoms with van der Waals surface area (Å²) in [6.45, 7) is 3.80. The number of furan rings is 1. The van der Waals surface area contributed by atoms with Gasteiger partial charge in [0, 0.05) is 5.39 Å². The first kappa shape index (κ1) is 7.92. The zero-order valence-electron chi connectivity index (χ0n) is 7.41. The highest BCUT2D eigenvalue weighted by Gasteiger charge is 1.99. The standard InChI is InChI=1S/C11H10O2/c1-8-10(7-12-2)9-5-3-4-6-11(9)13-8/h3-7H,1H2,2H3/b10-7+. The van der Waals surface area contributed by atoms with Gasteiger partial charge in [0.2, 0.25) is 0 Å². The Hall–Kier alpha value is -1.70. The van der Waals surface area contributed by atoms with Crippen LogP contribution >= 0.6 is 0 Å². The summed E-state index contributed by atoms with van der Waals surface area (Å²) in [5.74, 6) is 0. The summed E-state index contributed by atoms with van der Waals surface area (Å²) in [6, 6.07) is 7.79. The Kier molecular flexibility index (Phi) is 1.81. The van der Waals surface area contributed by atoms with Gasteiger partial charge in [-0.2, -0.15) is 0 Å². The third-order valence-electron chi connectivity index (χ3n) is 1.95. The molecular weight excluding hydrogens is 164 g/mol. The first-order valence-corrected chi connectivity index (χ1v) is 4.02. The van der Waals surface area contributed by atoms with E-state index in [1.165, 1.54) is 0 Å². The van der Waals surface area contributed by atoms with Crippen LogP contribution in [0.15, 0.2) is 28.7 Å². The van der Waals surface area contributed by atoms with Crippen molar-refractivity contribution in [3.63, 3.8) is 0 Å². The Balaban J connectivity index is 2.95. The van der Waals surface area contributed by atoms with E-state index in [4.69, 9.17) is 9.15 Å². The van der Waals surface area contributed by atoms with E-state index < -0.39 is 0 Å². The molecule has 0 aliphatic carbocycles. The molecule has 0 amide bonds. The molecule has 0 aliphatic rings. The molecule has 1 heterocycles. The van der Waals surface area contributed by atoms with Crippen molar-refractivity contribution in [3.8, 4) is 0 Å². The molecule has 0 N–H and O–H groups in total. The monoisotopic (exact) mass is 174 g/mol. The van der Waals surface area contributed by atoms with Crippen LogP contribution in [-0.2, 0) is 4.74 Å². The van der Waals surface area contributed by atoms with Crippen molar-refractivity contribution in [2.45, 2.75) is 0 Å². The molecule has 2 rings (SSSR count). The largest absolute Gasteiger partial charge is 0.504 e. The Labute approximate surface area is 75.7 Å². The molecule has 0 unspecified atom stereocenters. The Morgan fingerprint density at radius 2 is 2.15 bits per heavy atom.